The molecular weight excluding hydrogens is 268 g/mol. The number of benzene rings is 1. The lowest BCUT2D eigenvalue weighted by molar-refractivity contribution is -0.385. The highest BCUT2D eigenvalue weighted by Crippen LogP contribution is 2.27. The summed E-state index contributed by atoms with van der Waals surface area (Å²) in [6.45, 7) is 0.0724. The Morgan fingerprint density at radius 3 is 2.85 bits per heavy atom. The minimum atomic E-state index is -0.628. The van der Waals surface area contributed by atoms with Crippen molar-refractivity contribution in [3.63, 3.8) is 0 Å². The third-order valence-electron chi connectivity index (χ3n) is 2.39. The van der Waals surface area contributed by atoms with Gasteiger partial charge in [0, 0.05) is 19.7 Å². The summed E-state index contributed by atoms with van der Waals surface area (Å²) in [5.74, 6) is -0.420. The molecular formula is C12H16N2O6. The molecule has 20 heavy (non-hydrogen) atoms. The van der Waals surface area contributed by atoms with Gasteiger partial charge >= 0.3 is 5.69 Å². The minimum Gasteiger partial charge on any atom is -0.477 e. The second-order valence-corrected chi connectivity index (χ2v) is 3.85. The van der Waals surface area contributed by atoms with Gasteiger partial charge in [-0.2, -0.15) is 0 Å². The number of nitrogens with zero attached hydrogens (tertiary/aromatic N) is 1. The molecule has 0 saturated heterocycles. The van der Waals surface area contributed by atoms with Gasteiger partial charge in [-0.15, -0.1) is 0 Å². The van der Waals surface area contributed by atoms with Crippen LogP contribution in [0.2, 0.25) is 0 Å². The molecule has 1 aromatic carbocycles. The number of carbonyl (C=O) groups is 1. The molecule has 0 radical (unpaired) electrons. The van der Waals surface area contributed by atoms with E-state index in [1.165, 1.54) is 25.3 Å². The second kappa shape index (κ2) is 8.08. The summed E-state index contributed by atoms with van der Waals surface area (Å²) in [4.78, 5) is 21.6. The number of amides is 1. The second-order valence-electron chi connectivity index (χ2n) is 3.85. The molecule has 1 amide bonds. The van der Waals surface area contributed by atoms with Crippen molar-refractivity contribution in [3.8, 4) is 5.75 Å². The lowest BCUT2D eigenvalue weighted by Gasteiger charge is -2.08. The normalized spacial score (nSPS) is 10.1. The van der Waals surface area contributed by atoms with Crippen molar-refractivity contribution in [2.75, 3.05) is 26.9 Å². The molecule has 8 nitrogen and oxygen atoms in total. The number of ether oxygens (including phenoxy) is 2. The molecule has 0 aliphatic heterocycles. The summed E-state index contributed by atoms with van der Waals surface area (Å²) in [7, 11) is 1.51. The van der Waals surface area contributed by atoms with Crippen molar-refractivity contribution < 1.29 is 24.3 Å². The molecule has 1 rings (SSSR count). The van der Waals surface area contributed by atoms with E-state index in [-0.39, 0.29) is 24.7 Å². The third kappa shape index (κ3) is 4.82. The van der Waals surface area contributed by atoms with Crippen LogP contribution in [0.4, 0.5) is 5.69 Å². The van der Waals surface area contributed by atoms with Crippen LogP contribution in [0, 0.1) is 10.1 Å². The zero-order chi connectivity index (χ0) is 15.0. The Morgan fingerprint density at radius 1 is 1.50 bits per heavy atom. The molecule has 8 heteroatoms. The van der Waals surface area contributed by atoms with E-state index in [4.69, 9.17) is 14.6 Å². The number of nitro groups is 1. The maximum Gasteiger partial charge on any atom is 0.311 e. The van der Waals surface area contributed by atoms with Crippen molar-refractivity contribution in [2.24, 2.45) is 0 Å². The Hall–Kier alpha value is -2.19. The van der Waals surface area contributed by atoms with Crippen LogP contribution < -0.4 is 10.1 Å². The van der Waals surface area contributed by atoms with Crippen LogP contribution >= 0.6 is 0 Å². The summed E-state index contributed by atoms with van der Waals surface area (Å²) >= 11 is 0. The molecule has 0 unspecified atom stereocenters. The fourth-order valence-electron chi connectivity index (χ4n) is 1.41. The molecule has 0 atom stereocenters. The Labute approximate surface area is 115 Å². The first-order valence-electron chi connectivity index (χ1n) is 5.85. The zero-order valence-corrected chi connectivity index (χ0v) is 11.0. The van der Waals surface area contributed by atoms with Crippen LogP contribution in [0.1, 0.15) is 5.56 Å². The molecule has 0 fully saturated rings. The average Bonchev–Trinajstić information content (AvgIpc) is 2.45. The highest BCUT2D eigenvalue weighted by Gasteiger charge is 2.16. The van der Waals surface area contributed by atoms with E-state index < -0.39 is 10.8 Å². The first-order valence-corrected chi connectivity index (χ1v) is 5.85. The topological polar surface area (TPSA) is 111 Å². The summed E-state index contributed by atoms with van der Waals surface area (Å²) in [5.41, 5.74) is 0.106. The molecule has 2 N–H and O–H groups in total. The largest absolute Gasteiger partial charge is 0.477 e. The lowest BCUT2D eigenvalue weighted by atomic mass is 10.2. The van der Waals surface area contributed by atoms with Crippen molar-refractivity contribution in [1.29, 1.82) is 0 Å². The third-order valence-corrected chi connectivity index (χ3v) is 2.39. The van der Waals surface area contributed by atoms with Gasteiger partial charge < -0.3 is 19.9 Å². The fourth-order valence-corrected chi connectivity index (χ4v) is 1.41. The fraction of sp³-hybridized carbons (Fsp3) is 0.417. The number of methoxy groups -OCH3 is 1. The highest BCUT2D eigenvalue weighted by molar-refractivity contribution is 5.77. The summed E-state index contributed by atoms with van der Waals surface area (Å²) in [6.07, 6.45) is 0. The predicted molar refractivity (Wildman–Crippen MR) is 69.4 cm³/mol. The van der Waals surface area contributed by atoms with Crippen LogP contribution in [0.15, 0.2) is 18.2 Å². The summed E-state index contributed by atoms with van der Waals surface area (Å²) < 4.78 is 9.88. The minimum absolute atomic E-state index is 0.0194. The molecule has 0 aromatic heterocycles. The Kier molecular flexibility index (Phi) is 6.41. The molecule has 0 heterocycles. The smallest absolute Gasteiger partial charge is 0.311 e. The van der Waals surface area contributed by atoms with Gasteiger partial charge in [0.15, 0.2) is 12.4 Å². The monoisotopic (exact) mass is 284 g/mol. The van der Waals surface area contributed by atoms with Crippen molar-refractivity contribution >= 4 is 11.6 Å². The molecule has 1 aromatic rings. The van der Waals surface area contributed by atoms with Gasteiger partial charge in [0.05, 0.1) is 18.1 Å². The maximum absolute atomic E-state index is 11.4. The molecule has 0 saturated carbocycles. The van der Waals surface area contributed by atoms with Gasteiger partial charge in [-0.3, -0.25) is 14.9 Å². The molecule has 0 bridgehead atoms. The molecule has 110 valence electrons. The lowest BCUT2D eigenvalue weighted by Crippen LogP contribution is -2.31. The Morgan fingerprint density at radius 2 is 2.25 bits per heavy atom. The van der Waals surface area contributed by atoms with E-state index in [1.54, 1.807) is 0 Å². The average molecular weight is 284 g/mol. The number of nitro benzene ring substituents is 1. The first-order chi connectivity index (χ1) is 9.58. The SMILES string of the molecule is COCCNC(=O)COc1ccc(CO)cc1[N+](=O)[O-]. The molecule has 0 spiro atoms. The standard InChI is InChI=1S/C12H16N2O6/c1-19-5-4-13-12(16)8-20-11-3-2-9(7-15)6-10(11)14(17)18/h2-3,6,15H,4-5,7-8H2,1H3,(H,13,16). The summed E-state index contributed by atoms with van der Waals surface area (Å²) in [6, 6.07) is 4.05. The van der Waals surface area contributed by atoms with Gasteiger partial charge in [0.2, 0.25) is 0 Å². The van der Waals surface area contributed by atoms with Gasteiger partial charge in [-0.05, 0) is 11.6 Å². The van der Waals surface area contributed by atoms with Crippen LogP contribution in [0.3, 0.4) is 0 Å². The van der Waals surface area contributed by atoms with Crippen LogP contribution in [-0.2, 0) is 16.1 Å². The van der Waals surface area contributed by atoms with Crippen molar-refractivity contribution in [1.82, 2.24) is 5.32 Å². The van der Waals surface area contributed by atoms with Crippen molar-refractivity contribution in [2.45, 2.75) is 6.61 Å². The van der Waals surface area contributed by atoms with Gasteiger partial charge in [-0.1, -0.05) is 6.07 Å². The number of rotatable bonds is 8. The van der Waals surface area contributed by atoms with Gasteiger partial charge in [-0.25, -0.2) is 0 Å². The quantitative estimate of drug-likeness (QED) is 0.401. The first kappa shape index (κ1) is 15.9. The molecule has 0 aliphatic rings. The van der Waals surface area contributed by atoms with E-state index in [0.717, 1.165) is 0 Å². The number of hydrogen-bond donors (Lipinski definition) is 2. The molecule has 0 aliphatic carbocycles. The van der Waals surface area contributed by atoms with Crippen molar-refractivity contribution in [3.05, 3.63) is 33.9 Å². The zero-order valence-electron chi connectivity index (χ0n) is 11.0. The maximum atomic E-state index is 11.4. The predicted octanol–water partition coefficient (Wildman–Crippen LogP) is 0.228. The van der Waals surface area contributed by atoms with E-state index in [2.05, 4.69) is 5.32 Å². The number of hydrogen-bond acceptors (Lipinski definition) is 6. The van der Waals surface area contributed by atoms with Crippen LogP contribution in [0.5, 0.6) is 5.75 Å². The van der Waals surface area contributed by atoms with Crippen LogP contribution in [0.25, 0.3) is 0 Å². The number of aliphatic hydroxyl groups excluding tert-OH is 1. The highest BCUT2D eigenvalue weighted by atomic mass is 16.6. The summed E-state index contributed by atoms with van der Waals surface area (Å²) in [5, 5.41) is 22.3. The number of nitrogens with one attached hydrogen (secondary N) is 1. The number of carbonyl (C=O) groups excluding carboxylic acids is 1. The van der Waals surface area contributed by atoms with Gasteiger partial charge in [0.1, 0.15) is 0 Å². The van der Waals surface area contributed by atoms with Crippen LogP contribution in [-0.4, -0.2) is 42.8 Å². The van der Waals surface area contributed by atoms with E-state index in [9.17, 15) is 14.9 Å². The van der Waals surface area contributed by atoms with Gasteiger partial charge in [0.25, 0.3) is 5.91 Å². The Balaban J connectivity index is 2.63. The van der Waals surface area contributed by atoms with E-state index in [1.807, 2.05) is 0 Å². The number of aliphatic hydroxyl groups is 1. The Bertz CT molecular complexity index is 477. The van der Waals surface area contributed by atoms with E-state index >= 15 is 0 Å². The van der Waals surface area contributed by atoms with E-state index in [0.29, 0.717) is 18.7 Å².